The molecule has 0 bridgehead atoms. The van der Waals surface area contributed by atoms with E-state index in [4.69, 9.17) is 23.2 Å². The van der Waals surface area contributed by atoms with Gasteiger partial charge in [0, 0.05) is 26.3 Å². The molecule has 0 atom stereocenters. The number of benzene rings is 1. The fraction of sp³-hybridized carbons (Fsp3) is 0.211. The Balaban J connectivity index is 1.94. The fourth-order valence-electron chi connectivity index (χ4n) is 2.73. The highest BCUT2D eigenvalue weighted by Crippen LogP contribution is 2.23. The van der Waals surface area contributed by atoms with E-state index in [-0.39, 0.29) is 18.1 Å². The first-order valence-electron chi connectivity index (χ1n) is 8.35. The molecule has 0 spiro atoms. The van der Waals surface area contributed by atoms with E-state index in [1.165, 1.54) is 11.6 Å². The van der Waals surface area contributed by atoms with Crippen molar-refractivity contribution in [1.82, 2.24) is 19.4 Å². The second-order valence-electron chi connectivity index (χ2n) is 6.35. The number of hydrogen-bond acceptors (Lipinski definition) is 4. The highest BCUT2D eigenvalue weighted by atomic mass is 35.5. The maximum absolute atomic E-state index is 12.6. The zero-order valence-electron chi connectivity index (χ0n) is 15.5. The zero-order chi connectivity index (χ0) is 20.6. The summed E-state index contributed by atoms with van der Waals surface area (Å²) in [6.45, 7) is 2.04. The van der Waals surface area contributed by atoms with E-state index in [1.807, 2.05) is 24.6 Å². The molecule has 2 N–H and O–H groups in total. The number of halogens is 2. The number of carbonyl (C=O) groups is 1. The van der Waals surface area contributed by atoms with Gasteiger partial charge >= 0.3 is 0 Å². The predicted octanol–water partition coefficient (Wildman–Crippen LogP) is 3.04. The molecule has 146 valence electrons. The molecule has 0 aliphatic carbocycles. The Morgan fingerprint density at radius 3 is 2.46 bits per heavy atom. The minimum atomic E-state index is -0.705. The Kier molecular flexibility index (Phi) is 5.49. The Morgan fingerprint density at radius 1 is 1.14 bits per heavy atom. The van der Waals surface area contributed by atoms with Crippen LogP contribution in [0.1, 0.15) is 21.7 Å². The molecule has 1 amide bonds. The minimum Gasteiger partial charge on any atom is -0.501 e. The van der Waals surface area contributed by atoms with Crippen LogP contribution < -0.4 is 10.9 Å². The molecule has 0 saturated carbocycles. The minimum absolute atomic E-state index is 0.130. The molecule has 7 nitrogen and oxygen atoms in total. The van der Waals surface area contributed by atoms with Crippen LogP contribution in [0, 0.1) is 6.92 Å². The van der Waals surface area contributed by atoms with E-state index in [1.54, 1.807) is 24.3 Å². The molecule has 0 aliphatic heterocycles. The van der Waals surface area contributed by atoms with E-state index < -0.39 is 17.2 Å². The molecule has 0 fully saturated rings. The number of nitrogens with one attached hydrogen (secondary N) is 1. The van der Waals surface area contributed by atoms with Gasteiger partial charge in [0.1, 0.15) is 0 Å². The van der Waals surface area contributed by atoms with Gasteiger partial charge in [-0.15, -0.1) is 0 Å². The summed E-state index contributed by atoms with van der Waals surface area (Å²) in [5, 5.41) is 13.6. The molecular weight excluding hydrogens is 403 g/mol. The van der Waals surface area contributed by atoms with Crippen LogP contribution in [0.25, 0.3) is 11.5 Å². The average Bonchev–Trinajstić information content (AvgIpc) is 2.99. The number of aryl methyl sites for hydroxylation is 1. The van der Waals surface area contributed by atoms with Crippen LogP contribution in [0.3, 0.4) is 0 Å². The van der Waals surface area contributed by atoms with Gasteiger partial charge in [-0.1, -0.05) is 29.3 Å². The van der Waals surface area contributed by atoms with Crippen molar-refractivity contribution >= 4 is 29.1 Å². The molecule has 3 rings (SSSR count). The lowest BCUT2D eigenvalue weighted by Gasteiger charge is -2.13. The summed E-state index contributed by atoms with van der Waals surface area (Å²) in [5.41, 5.74) is 1.28. The zero-order valence-corrected chi connectivity index (χ0v) is 17.0. The summed E-state index contributed by atoms with van der Waals surface area (Å²) >= 11 is 11.9. The van der Waals surface area contributed by atoms with Crippen molar-refractivity contribution in [3.05, 3.63) is 67.7 Å². The van der Waals surface area contributed by atoms with Gasteiger partial charge in [0.2, 0.25) is 5.75 Å². The van der Waals surface area contributed by atoms with E-state index in [9.17, 15) is 14.7 Å². The summed E-state index contributed by atoms with van der Waals surface area (Å²) in [7, 11) is 3.32. The summed E-state index contributed by atoms with van der Waals surface area (Å²) in [5.74, 6) is -1.10. The number of nitrogens with zero attached hydrogens (tertiary/aromatic N) is 3. The quantitative estimate of drug-likeness (QED) is 0.678. The third-order valence-electron chi connectivity index (χ3n) is 4.52. The van der Waals surface area contributed by atoms with Crippen LogP contribution in [-0.4, -0.2) is 25.1 Å². The Labute approximate surface area is 171 Å². The highest BCUT2D eigenvalue weighted by Gasteiger charge is 2.22. The van der Waals surface area contributed by atoms with E-state index in [2.05, 4.69) is 10.3 Å². The van der Waals surface area contributed by atoms with Gasteiger partial charge in [-0.2, -0.15) is 0 Å². The van der Waals surface area contributed by atoms with Gasteiger partial charge < -0.3 is 15.0 Å². The van der Waals surface area contributed by atoms with Crippen molar-refractivity contribution in [1.29, 1.82) is 0 Å². The van der Waals surface area contributed by atoms with Crippen molar-refractivity contribution in [2.45, 2.75) is 13.5 Å². The van der Waals surface area contributed by atoms with Gasteiger partial charge in [-0.05, 0) is 36.8 Å². The smallest absolute Gasteiger partial charge is 0.296 e. The number of rotatable bonds is 4. The van der Waals surface area contributed by atoms with Gasteiger partial charge in [0.15, 0.2) is 11.5 Å². The number of aromatic nitrogens is 3. The lowest BCUT2D eigenvalue weighted by atomic mass is 10.2. The molecule has 3 aromatic rings. The summed E-state index contributed by atoms with van der Waals surface area (Å²) < 4.78 is 3.05. The summed E-state index contributed by atoms with van der Waals surface area (Å²) in [6.07, 6.45) is 0. The van der Waals surface area contributed by atoms with Crippen molar-refractivity contribution < 1.29 is 9.90 Å². The van der Waals surface area contributed by atoms with Crippen molar-refractivity contribution in [2.24, 2.45) is 14.1 Å². The van der Waals surface area contributed by atoms with Crippen LogP contribution in [-0.2, 0) is 20.6 Å². The molecule has 2 heterocycles. The molecule has 0 aliphatic rings. The first-order valence-corrected chi connectivity index (χ1v) is 9.11. The van der Waals surface area contributed by atoms with Gasteiger partial charge in [0.05, 0.1) is 15.7 Å². The largest absolute Gasteiger partial charge is 0.501 e. The van der Waals surface area contributed by atoms with Crippen LogP contribution in [0.4, 0.5) is 0 Å². The lowest BCUT2D eigenvalue weighted by molar-refractivity contribution is 0.0942. The average molecular weight is 421 g/mol. The molecule has 1 aromatic carbocycles. The summed E-state index contributed by atoms with van der Waals surface area (Å²) in [4.78, 5) is 29.2. The lowest BCUT2D eigenvalue weighted by Crippen LogP contribution is -2.29. The van der Waals surface area contributed by atoms with Gasteiger partial charge in [-0.3, -0.25) is 14.2 Å². The second kappa shape index (κ2) is 7.69. The molecule has 0 radical (unpaired) electrons. The van der Waals surface area contributed by atoms with Gasteiger partial charge in [0.25, 0.3) is 11.5 Å². The topological polar surface area (TPSA) is 89.2 Å². The molecule has 28 heavy (non-hydrogen) atoms. The van der Waals surface area contributed by atoms with Crippen molar-refractivity contribution in [3.8, 4) is 17.3 Å². The standard InChI is InChI=1S/C19H18Cl2N4O3/c1-10-4-7-14(24(10)2)17-23-15(16(26)19(28)25(17)3)18(27)22-9-11-5-6-12(20)13(21)8-11/h4-8,26H,9H2,1-3H3,(H,22,27). The molecular formula is C19H18Cl2N4O3. The Hall–Kier alpha value is -2.77. The molecule has 0 unspecified atom stereocenters. The third-order valence-corrected chi connectivity index (χ3v) is 5.26. The SMILES string of the molecule is Cc1ccc(-c2nc(C(=O)NCc3ccc(Cl)c(Cl)c3)c(O)c(=O)n2C)n1C. The van der Waals surface area contributed by atoms with E-state index in [0.29, 0.717) is 21.3 Å². The maximum atomic E-state index is 12.6. The van der Waals surface area contributed by atoms with E-state index in [0.717, 1.165) is 5.69 Å². The second-order valence-corrected chi connectivity index (χ2v) is 7.16. The predicted molar refractivity (Wildman–Crippen MR) is 108 cm³/mol. The number of aromatic hydroxyl groups is 1. The number of hydrogen-bond donors (Lipinski definition) is 2. The third kappa shape index (κ3) is 3.63. The molecule has 0 saturated heterocycles. The molecule has 9 heteroatoms. The first kappa shape index (κ1) is 20.0. The highest BCUT2D eigenvalue weighted by molar-refractivity contribution is 6.42. The van der Waals surface area contributed by atoms with Crippen molar-refractivity contribution in [2.75, 3.05) is 0 Å². The molecule has 2 aromatic heterocycles. The van der Waals surface area contributed by atoms with Crippen LogP contribution in [0.5, 0.6) is 5.75 Å². The van der Waals surface area contributed by atoms with E-state index >= 15 is 0 Å². The van der Waals surface area contributed by atoms with Crippen LogP contribution >= 0.6 is 23.2 Å². The van der Waals surface area contributed by atoms with Crippen LogP contribution in [0.15, 0.2) is 35.1 Å². The monoisotopic (exact) mass is 420 g/mol. The Bertz CT molecular complexity index is 1130. The Morgan fingerprint density at radius 2 is 1.86 bits per heavy atom. The van der Waals surface area contributed by atoms with Crippen LogP contribution in [0.2, 0.25) is 10.0 Å². The number of carbonyl (C=O) groups excluding carboxylic acids is 1. The fourth-order valence-corrected chi connectivity index (χ4v) is 3.05. The van der Waals surface area contributed by atoms with Crippen molar-refractivity contribution in [3.63, 3.8) is 0 Å². The maximum Gasteiger partial charge on any atom is 0.296 e. The van der Waals surface area contributed by atoms with Gasteiger partial charge in [-0.25, -0.2) is 4.98 Å². The summed E-state index contributed by atoms with van der Waals surface area (Å²) in [6, 6.07) is 8.63. The number of amides is 1. The first-order chi connectivity index (χ1) is 13.2. The normalized spacial score (nSPS) is 10.9.